The zero-order chi connectivity index (χ0) is 13.2. The monoisotopic (exact) mass is 264 g/mol. The number of amides is 1. The Morgan fingerprint density at radius 3 is 2.94 bits per heavy atom. The quantitative estimate of drug-likeness (QED) is 0.876. The summed E-state index contributed by atoms with van der Waals surface area (Å²) in [5.41, 5.74) is 7.97. The second kappa shape index (κ2) is 5.33. The molecule has 0 radical (unpaired) electrons. The summed E-state index contributed by atoms with van der Waals surface area (Å²) < 4.78 is 0. The third-order valence-electron chi connectivity index (χ3n) is 2.95. The molecule has 2 rings (SSSR count). The zero-order valence-corrected chi connectivity index (χ0v) is 11.7. The number of fused-ring (bicyclic) bond motifs is 1. The lowest BCUT2D eigenvalue weighted by molar-refractivity contribution is -0.120. The first-order valence-electron chi connectivity index (χ1n) is 6.23. The van der Waals surface area contributed by atoms with Crippen molar-refractivity contribution in [3.05, 3.63) is 35.4 Å². The highest BCUT2D eigenvalue weighted by Gasteiger charge is 2.27. The number of hydrogen-bond donors (Lipinski definition) is 2. The maximum absolute atomic E-state index is 12.2. The fourth-order valence-electron chi connectivity index (χ4n) is 2.02. The van der Waals surface area contributed by atoms with Gasteiger partial charge in [0.25, 0.3) is 0 Å². The number of carbonyl (C=O) groups is 1. The van der Waals surface area contributed by atoms with Crippen LogP contribution < -0.4 is 11.1 Å². The second-order valence-electron chi connectivity index (χ2n) is 5.41. The summed E-state index contributed by atoms with van der Waals surface area (Å²) in [5, 5.41) is 2.86. The minimum absolute atomic E-state index is 0.0747. The van der Waals surface area contributed by atoms with Crippen molar-refractivity contribution < 1.29 is 4.79 Å². The molecular formula is C14H20N2OS. The van der Waals surface area contributed by atoms with Crippen LogP contribution in [0.25, 0.3) is 0 Å². The van der Waals surface area contributed by atoms with Gasteiger partial charge in [-0.15, -0.1) is 11.8 Å². The van der Waals surface area contributed by atoms with Crippen LogP contribution >= 0.6 is 11.8 Å². The minimum Gasteiger partial charge on any atom is -0.353 e. The van der Waals surface area contributed by atoms with Crippen molar-refractivity contribution in [1.29, 1.82) is 0 Å². The highest BCUT2D eigenvalue weighted by Crippen LogP contribution is 2.36. The Kier molecular flexibility index (Phi) is 3.97. The predicted molar refractivity (Wildman–Crippen MR) is 76.6 cm³/mol. The van der Waals surface area contributed by atoms with Crippen molar-refractivity contribution in [3.8, 4) is 0 Å². The molecule has 0 bridgehead atoms. The van der Waals surface area contributed by atoms with Crippen LogP contribution in [0.15, 0.2) is 24.3 Å². The Balaban J connectivity index is 2.08. The first-order valence-corrected chi connectivity index (χ1v) is 7.28. The van der Waals surface area contributed by atoms with Gasteiger partial charge in [0, 0.05) is 12.1 Å². The summed E-state index contributed by atoms with van der Waals surface area (Å²) in [7, 11) is 0. The van der Waals surface area contributed by atoms with Crippen LogP contribution in [0.1, 0.15) is 30.2 Å². The summed E-state index contributed by atoms with van der Waals surface area (Å²) in [4.78, 5) is 12.2. The fourth-order valence-corrected chi connectivity index (χ4v) is 3.24. The number of carbonyl (C=O) groups excluding carboxylic acids is 1. The van der Waals surface area contributed by atoms with Crippen LogP contribution in [0.5, 0.6) is 0 Å². The first-order chi connectivity index (χ1) is 8.47. The van der Waals surface area contributed by atoms with E-state index >= 15 is 0 Å². The van der Waals surface area contributed by atoms with Crippen LogP contribution in [0.3, 0.4) is 0 Å². The van der Waals surface area contributed by atoms with Gasteiger partial charge in [0.1, 0.15) is 5.25 Å². The third kappa shape index (κ3) is 3.27. The van der Waals surface area contributed by atoms with Gasteiger partial charge in [0.15, 0.2) is 0 Å². The van der Waals surface area contributed by atoms with Crippen LogP contribution in [-0.4, -0.2) is 23.7 Å². The predicted octanol–water partition coefficient (Wildman–Crippen LogP) is 1.87. The molecule has 0 spiro atoms. The van der Waals surface area contributed by atoms with Crippen molar-refractivity contribution in [3.63, 3.8) is 0 Å². The van der Waals surface area contributed by atoms with E-state index in [0.29, 0.717) is 6.54 Å². The number of rotatable bonds is 3. The summed E-state index contributed by atoms with van der Waals surface area (Å²) in [5.74, 6) is 1.08. The standard InChI is InChI=1S/C14H20N2OS/c1-14(2,15)9-16-13(17)12-11-6-4-3-5-10(11)7-8-18-12/h3-6,12H,7-9,15H2,1-2H3,(H,16,17). The van der Waals surface area contributed by atoms with Crippen molar-refractivity contribution in [2.24, 2.45) is 5.73 Å². The van der Waals surface area contributed by atoms with Gasteiger partial charge in [-0.2, -0.15) is 0 Å². The van der Waals surface area contributed by atoms with Gasteiger partial charge in [-0.1, -0.05) is 24.3 Å². The molecule has 1 heterocycles. The van der Waals surface area contributed by atoms with E-state index < -0.39 is 0 Å². The van der Waals surface area contributed by atoms with E-state index in [9.17, 15) is 4.79 Å². The Bertz CT molecular complexity index is 440. The normalized spacial score (nSPS) is 19.2. The molecule has 0 saturated carbocycles. The number of aryl methyl sites for hydroxylation is 1. The first kappa shape index (κ1) is 13.4. The number of thioether (sulfide) groups is 1. The zero-order valence-electron chi connectivity index (χ0n) is 10.9. The van der Waals surface area contributed by atoms with Crippen LogP contribution in [0.4, 0.5) is 0 Å². The minimum atomic E-state index is -0.367. The van der Waals surface area contributed by atoms with Gasteiger partial charge in [0.2, 0.25) is 5.91 Å². The highest BCUT2D eigenvalue weighted by atomic mass is 32.2. The van der Waals surface area contributed by atoms with Crippen molar-refractivity contribution in [2.45, 2.75) is 31.1 Å². The van der Waals surface area contributed by atoms with Crippen molar-refractivity contribution in [2.75, 3.05) is 12.3 Å². The van der Waals surface area contributed by atoms with Gasteiger partial charge in [-0.3, -0.25) is 4.79 Å². The summed E-state index contributed by atoms with van der Waals surface area (Å²) in [6.07, 6.45) is 1.05. The van der Waals surface area contributed by atoms with E-state index in [-0.39, 0.29) is 16.7 Å². The Labute approximate surface area is 113 Å². The summed E-state index contributed by atoms with van der Waals surface area (Å²) >= 11 is 1.71. The lowest BCUT2D eigenvalue weighted by atomic mass is 10.0. The van der Waals surface area contributed by atoms with Crippen molar-refractivity contribution >= 4 is 17.7 Å². The topological polar surface area (TPSA) is 55.1 Å². The largest absolute Gasteiger partial charge is 0.353 e. The van der Waals surface area contributed by atoms with Crippen LogP contribution in [0.2, 0.25) is 0 Å². The molecule has 4 heteroatoms. The molecule has 0 aliphatic carbocycles. The Morgan fingerprint density at radius 2 is 2.22 bits per heavy atom. The molecule has 1 amide bonds. The molecule has 1 atom stereocenters. The SMILES string of the molecule is CC(C)(N)CNC(=O)C1SCCc2ccccc21. The molecule has 1 aromatic rings. The molecular weight excluding hydrogens is 244 g/mol. The molecule has 1 aromatic carbocycles. The third-order valence-corrected chi connectivity index (χ3v) is 4.19. The van der Waals surface area contributed by atoms with E-state index in [2.05, 4.69) is 17.4 Å². The van der Waals surface area contributed by atoms with Crippen molar-refractivity contribution in [1.82, 2.24) is 5.32 Å². The summed E-state index contributed by atoms with van der Waals surface area (Å²) in [6, 6.07) is 8.20. The van der Waals surface area contributed by atoms with Gasteiger partial charge in [-0.05, 0) is 37.1 Å². The molecule has 1 aliphatic rings. The molecule has 98 valence electrons. The lowest BCUT2D eigenvalue weighted by Crippen LogP contribution is -2.46. The average Bonchev–Trinajstić information content (AvgIpc) is 2.34. The smallest absolute Gasteiger partial charge is 0.237 e. The highest BCUT2D eigenvalue weighted by molar-refractivity contribution is 8.00. The number of benzene rings is 1. The van der Waals surface area contributed by atoms with E-state index in [0.717, 1.165) is 17.7 Å². The summed E-state index contributed by atoms with van der Waals surface area (Å²) in [6.45, 7) is 4.33. The van der Waals surface area contributed by atoms with E-state index in [1.165, 1.54) is 5.56 Å². The average molecular weight is 264 g/mol. The van der Waals surface area contributed by atoms with E-state index in [1.807, 2.05) is 26.0 Å². The fraction of sp³-hybridized carbons (Fsp3) is 0.500. The number of hydrogen-bond acceptors (Lipinski definition) is 3. The molecule has 0 saturated heterocycles. The van der Waals surface area contributed by atoms with Gasteiger partial charge in [0.05, 0.1) is 0 Å². The molecule has 1 aliphatic heterocycles. The van der Waals surface area contributed by atoms with Gasteiger partial charge >= 0.3 is 0 Å². The van der Waals surface area contributed by atoms with E-state index in [4.69, 9.17) is 5.73 Å². The molecule has 0 aromatic heterocycles. The Hall–Kier alpha value is -1.00. The molecule has 1 unspecified atom stereocenters. The molecule has 0 fully saturated rings. The van der Waals surface area contributed by atoms with Crippen LogP contribution in [-0.2, 0) is 11.2 Å². The van der Waals surface area contributed by atoms with Crippen LogP contribution in [0, 0.1) is 0 Å². The lowest BCUT2D eigenvalue weighted by Gasteiger charge is -2.26. The second-order valence-corrected chi connectivity index (χ2v) is 6.62. The van der Waals surface area contributed by atoms with E-state index in [1.54, 1.807) is 11.8 Å². The molecule has 3 N–H and O–H groups in total. The number of nitrogens with two attached hydrogens (primary N) is 1. The maximum Gasteiger partial charge on any atom is 0.237 e. The molecule has 18 heavy (non-hydrogen) atoms. The molecule has 3 nitrogen and oxygen atoms in total. The number of nitrogens with one attached hydrogen (secondary N) is 1. The Morgan fingerprint density at radius 1 is 1.50 bits per heavy atom. The van der Waals surface area contributed by atoms with Gasteiger partial charge in [-0.25, -0.2) is 0 Å². The van der Waals surface area contributed by atoms with Gasteiger partial charge < -0.3 is 11.1 Å². The maximum atomic E-state index is 12.2.